The van der Waals surface area contributed by atoms with Crippen LogP contribution in [0.2, 0.25) is 0 Å². The van der Waals surface area contributed by atoms with E-state index in [2.05, 4.69) is 4.74 Å². The fourth-order valence-electron chi connectivity index (χ4n) is 0.757. The minimum Gasteiger partial charge on any atom is -0.417 e. The Balaban J connectivity index is 3.27. The number of alkyl halides is 3. The minimum atomic E-state index is -4.13. The Kier molecular flexibility index (Phi) is 3.17. The molecule has 0 atom stereocenters. The smallest absolute Gasteiger partial charge is 0.417 e. The summed E-state index contributed by atoms with van der Waals surface area (Å²) < 4.78 is 78.0. The zero-order chi connectivity index (χ0) is 11.8. The van der Waals surface area contributed by atoms with Crippen LogP contribution in [0.1, 0.15) is 0 Å². The van der Waals surface area contributed by atoms with E-state index >= 15 is 0 Å². The van der Waals surface area contributed by atoms with Crippen molar-refractivity contribution in [3.8, 4) is 5.75 Å². The van der Waals surface area contributed by atoms with Gasteiger partial charge in [-0.1, -0.05) is 0 Å². The van der Waals surface area contributed by atoms with Gasteiger partial charge in [0.2, 0.25) is 17.4 Å². The number of hydrogen-bond acceptors (Lipinski definition) is 1. The highest BCUT2D eigenvalue weighted by Crippen LogP contribution is 2.33. The van der Waals surface area contributed by atoms with Crippen LogP contribution in [0, 0.1) is 23.3 Å². The Morgan fingerprint density at radius 3 is 1.73 bits per heavy atom. The highest BCUT2D eigenvalue weighted by molar-refractivity contribution is 9.09. The van der Waals surface area contributed by atoms with Crippen LogP contribution in [0.4, 0.5) is 26.3 Å². The van der Waals surface area contributed by atoms with Crippen molar-refractivity contribution in [3.05, 3.63) is 29.3 Å². The van der Waals surface area contributed by atoms with Crippen molar-refractivity contribution in [1.82, 2.24) is 0 Å². The van der Waals surface area contributed by atoms with Crippen LogP contribution in [0.3, 0.4) is 0 Å². The van der Waals surface area contributed by atoms with Gasteiger partial charge in [0.15, 0.2) is 11.6 Å². The molecule has 0 fully saturated rings. The van der Waals surface area contributed by atoms with Crippen molar-refractivity contribution in [2.24, 2.45) is 0 Å². The molecule has 0 unspecified atom stereocenters. The predicted octanol–water partition coefficient (Wildman–Crippen LogP) is 3.57. The average Bonchev–Trinajstić information content (AvgIpc) is 2.08. The lowest BCUT2D eigenvalue weighted by Crippen LogP contribution is -2.17. The van der Waals surface area contributed by atoms with E-state index in [1.165, 1.54) is 0 Å². The molecule has 0 aliphatic rings. The molecule has 84 valence electrons. The summed E-state index contributed by atoms with van der Waals surface area (Å²) in [5.74, 6) is -9.56. The van der Waals surface area contributed by atoms with Crippen LogP contribution in [-0.2, 0) is 0 Å². The van der Waals surface area contributed by atoms with E-state index in [1.54, 1.807) is 15.9 Å². The van der Waals surface area contributed by atoms with Gasteiger partial charge in [-0.15, -0.1) is 0 Å². The van der Waals surface area contributed by atoms with Crippen LogP contribution in [0.25, 0.3) is 0 Å². The summed E-state index contributed by atoms with van der Waals surface area (Å²) in [7, 11) is 0. The van der Waals surface area contributed by atoms with Crippen LogP contribution in [0.15, 0.2) is 6.07 Å². The molecule has 0 bridgehead atoms. The first-order valence-electron chi connectivity index (χ1n) is 3.31. The van der Waals surface area contributed by atoms with Gasteiger partial charge in [-0.3, -0.25) is 0 Å². The van der Waals surface area contributed by atoms with Gasteiger partial charge < -0.3 is 4.74 Å². The molecule has 1 aromatic rings. The third kappa shape index (κ3) is 2.77. The summed E-state index contributed by atoms with van der Waals surface area (Å²) in [5, 5.41) is -4.13. The molecular weight excluding hydrogens is 294 g/mol. The minimum absolute atomic E-state index is 0.121. The van der Waals surface area contributed by atoms with Crippen molar-refractivity contribution in [2.45, 2.75) is 5.02 Å². The first kappa shape index (κ1) is 12.2. The number of hydrogen-bond donors (Lipinski definition) is 0. The molecule has 0 saturated heterocycles. The van der Waals surface area contributed by atoms with Gasteiger partial charge in [0.1, 0.15) is 0 Å². The predicted molar refractivity (Wildman–Crippen MR) is 40.8 cm³/mol. The zero-order valence-electron chi connectivity index (χ0n) is 6.63. The Labute approximate surface area is 87.8 Å². The van der Waals surface area contributed by atoms with E-state index in [0.29, 0.717) is 0 Å². The van der Waals surface area contributed by atoms with E-state index in [0.717, 1.165) is 0 Å². The van der Waals surface area contributed by atoms with Gasteiger partial charge in [0.25, 0.3) is 0 Å². The first-order valence-corrected chi connectivity index (χ1v) is 4.10. The quantitative estimate of drug-likeness (QED) is 0.460. The number of benzene rings is 1. The van der Waals surface area contributed by atoms with Crippen molar-refractivity contribution < 1.29 is 31.1 Å². The molecule has 1 aromatic carbocycles. The number of rotatable bonds is 2. The molecule has 0 N–H and O–H groups in total. The molecule has 0 radical (unpaired) electrons. The maximum Gasteiger partial charge on any atom is 0.459 e. The monoisotopic (exact) mass is 294 g/mol. The van der Waals surface area contributed by atoms with Crippen molar-refractivity contribution in [2.75, 3.05) is 0 Å². The molecule has 0 heterocycles. The lowest BCUT2D eigenvalue weighted by atomic mass is 10.3. The van der Waals surface area contributed by atoms with E-state index in [-0.39, 0.29) is 6.07 Å². The second-order valence-electron chi connectivity index (χ2n) is 2.35. The van der Waals surface area contributed by atoms with Crippen LogP contribution < -0.4 is 4.74 Å². The largest absolute Gasteiger partial charge is 0.459 e. The summed E-state index contributed by atoms with van der Waals surface area (Å²) in [4.78, 5) is 0. The molecule has 0 aliphatic carbocycles. The van der Waals surface area contributed by atoms with Gasteiger partial charge in [0, 0.05) is 22.0 Å². The normalized spacial score (nSPS) is 11.7. The summed E-state index contributed by atoms with van der Waals surface area (Å²) in [6.45, 7) is 0. The summed E-state index contributed by atoms with van der Waals surface area (Å²) in [5.41, 5.74) is 0. The Hall–Kier alpha value is -0.920. The lowest BCUT2D eigenvalue weighted by molar-refractivity contribution is -0.0852. The SMILES string of the molecule is Fc1cc(F)c(F)c(OC(F)(F)Br)c1F. The zero-order valence-corrected chi connectivity index (χ0v) is 8.22. The number of ether oxygens (including phenoxy) is 1. The molecule has 0 aromatic heterocycles. The topological polar surface area (TPSA) is 9.23 Å². The maximum absolute atomic E-state index is 12.7. The molecule has 15 heavy (non-hydrogen) atoms. The Bertz CT molecular complexity index is 362. The second-order valence-corrected chi connectivity index (χ2v) is 3.27. The Morgan fingerprint density at radius 1 is 1.00 bits per heavy atom. The molecular formula is C7HBrF6O. The van der Waals surface area contributed by atoms with E-state index in [4.69, 9.17) is 0 Å². The van der Waals surface area contributed by atoms with Gasteiger partial charge in [-0.2, -0.15) is 17.6 Å². The third-order valence-corrected chi connectivity index (χ3v) is 1.45. The van der Waals surface area contributed by atoms with Crippen molar-refractivity contribution in [3.63, 3.8) is 0 Å². The molecule has 8 heteroatoms. The highest BCUT2D eigenvalue weighted by Gasteiger charge is 2.32. The Morgan fingerprint density at radius 2 is 1.40 bits per heavy atom. The highest BCUT2D eigenvalue weighted by atomic mass is 79.9. The molecule has 0 amide bonds. The number of halogens is 7. The lowest BCUT2D eigenvalue weighted by Gasteiger charge is -2.12. The van der Waals surface area contributed by atoms with E-state index < -0.39 is 34.0 Å². The molecule has 0 spiro atoms. The molecule has 1 rings (SSSR count). The first-order chi connectivity index (χ1) is 6.72. The van der Waals surface area contributed by atoms with Gasteiger partial charge in [-0.05, 0) is 0 Å². The van der Waals surface area contributed by atoms with Crippen LogP contribution in [0.5, 0.6) is 5.75 Å². The fraction of sp³-hybridized carbons (Fsp3) is 0.143. The van der Waals surface area contributed by atoms with E-state index in [1.807, 2.05) is 0 Å². The van der Waals surface area contributed by atoms with Gasteiger partial charge >= 0.3 is 5.02 Å². The summed E-state index contributed by atoms with van der Waals surface area (Å²) in [6.07, 6.45) is 0. The van der Waals surface area contributed by atoms with Gasteiger partial charge in [0.05, 0.1) is 0 Å². The molecule has 0 saturated carbocycles. The average molecular weight is 295 g/mol. The summed E-state index contributed by atoms with van der Waals surface area (Å²) >= 11 is 1.60. The maximum atomic E-state index is 12.7. The third-order valence-electron chi connectivity index (χ3n) is 1.29. The molecule has 0 aliphatic heterocycles. The molecule has 1 nitrogen and oxygen atoms in total. The second kappa shape index (κ2) is 3.92. The van der Waals surface area contributed by atoms with Crippen molar-refractivity contribution in [1.29, 1.82) is 0 Å². The van der Waals surface area contributed by atoms with Crippen molar-refractivity contribution >= 4 is 15.9 Å². The van der Waals surface area contributed by atoms with Gasteiger partial charge in [-0.25, -0.2) is 8.78 Å². The standard InChI is InChI=1S/C7HBrF6O/c8-7(13,14)15-6-4(11)2(9)1-3(10)5(6)12/h1H. The van der Waals surface area contributed by atoms with Crippen LogP contribution >= 0.6 is 15.9 Å². The summed E-state index contributed by atoms with van der Waals surface area (Å²) in [6, 6.07) is -0.121. The fourth-order valence-corrected chi connectivity index (χ4v) is 0.918. The van der Waals surface area contributed by atoms with Crippen LogP contribution in [-0.4, -0.2) is 5.02 Å². The van der Waals surface area contributed by atoms with E-state index in [9.17, 15) is 26.3 Å².